The summed E-state index contributed by atoms with van der Waals surface area (Å²) < 4.78 is 25.1. The van der Waals surface area contributed by atoms with Gasteiger partial charge in [0, 0.05) is 25.3 Å². The minimum Gasteiger partial charge on any atom is -0.353 e. The van der Waals surface area contributed by atoms with E-state index in [1.54, 1.807) is 0 Å². The summed E-state index contributed by atoms with van der Waals surface area (Å²) in [5, 5.41) is 2.91. The molecule has 4 heteroatoms. The number of halogens is 2. The third-order valence-corrected chi connectivity index (χ3v) is 3.28. The van der Waals surface area contributed by atoms with Crippen LogP contribution in [0.4, 0.5) is 8.78 Å². The van der Waals surface area contributed by atoms with Gasteiger partial charge < -0.3 is 5.32 Å². The molecule has 1 saturated carbocycles. The maximum atomic E-state index is 12.6. The quantitative estimate of drug-likeness (QED) is 0.740. The molecule has 0 spiro atoms. The fourth-order valence-corrected chi connectivity index (χ4v) is 2.40. The van der Waals surface area contributed by atoms with Gasteiger partial charge in [-0.05, 0) is 25.2 Å². The molecule has 0 aromatic heterocycles. The van der Waals surface area contributed by atoms with Gasteiger partial charge in [0.05, 0.1) is 0 Å². The molecule has 2 aliphatic carbocycles. The first-order valence-electron chi connectivity index (χ1n) is 5.87. The van der Waals surface area contributed by atoms with Crippen molar-refractivity contribution in [2.24, 2.45) is 5.92 Å². The highest BCUT2D eigenvalue weighted by molar-refractivity contribution is 5.76. The van der Waals surface area contributed by atoms with Crippen molar-refractivity contribution >= 4 is 5.91 Å². The van der Waals surface area contributed by atoms with Crippen LogP contribution < -0.4 is 5.32 Å². The monoisotopic (exact) mass is 229 g/mol. The number of alkyl halides is 2. The Morgan fingerprint density at radius 3 is 2.69 bits per heavy atom. The van der Waals surface area contributed by atoms with Crippen LogP contribution in [0, 0.1) is 5.92 Å². The van der Waals surface area contributed by atoms with Gasteiger partial charge in [-0.25, -0.2) is 8.78 Å². The molecule has 16 heavy (non-hydrogen) atoms. The molecular weight excluding hydrogens is 212 g/mol. The van der Waals surface area contributed by atoms with Gasteiger partial charge in [0.2, 0.25) is 11.8 Å². The van der Waals surface area contributed by atoms with E-state index in [2.05, 4.69) is 17.5 Å². The lowest BCUT2D eigenvalue weighted by Gasteiger charge is -2.34. The third-order valence-electron chi connectivity index (χ3n) is 3.28. The van der Waals surface area contributed by atoms with Gasteiger partial charge in [-0.2, -0.15) is 0 Å². The van der Waals surface area contributed by atoms with Crippen LogP contribution >= 0.6 is 0 Å². The first kappa shape index (κ1) is 11.6. The molecule has 1 N–H and O–H groups in total. The summed E-state index contributed by atoms with van der Waals surface area (Å²) >= 11 is 0. The van der Waals surface area contributed by atoms with E-state index in [9.17, 15) is 13.6 Å². The van der Waals surface area contributed by atoms with Crippen LogP contribution in [0.25, 0.3) is 0 Å². The second-order valence-corrected chi connectivity index (χ2v) is 4.88. The lowest BCUT2D eigenvalue weighted by atomic mass is 9.79. The molecule has 0 radical (unpaired) electrons. The highest BCUT2D eigenvalue weighted by atomic mass is 19.3. The highest BCUT2D eigenvalue weighted by Gasteiger charge is 2.45. The fourth-order valence-electron chi connectivity index (χ4n) is 2.40. The largest absolute Gasteiger partial charge is 0.353 e. The number of nitrogens with one attached hydrogen (secondary N) is 1. The Labute approximate surface area is 94.1 Å². The number of rotatable bonds is 3. The molecule has 1 fully saturated rings. The minimum absolute atomic E-state index is 0.0687. The van der Waals surface area contributed by atoms with Gasteiger partial charge in [0.25, 0.3) is 0 Å². The Morgan fingerprint density at radius 1 is 1.38 bits per heavy atom. The molecule has 0 aromatic carbocycles. The summed E-state index contributed by atoms with van der Waals surface area (Å²) in [6.07, 6.45) is 7.01. The van der Waals surface area contributed by atoms with Gasteiger partial charge in [-0.1, -0.05) is 12.2 Å². The Morgan fingerprint density at radius 2 is 2.12 bits per heavy atom. The van der Waals surface area contributed by atoms with Crippen LogP contribution in [0.5, 0.6) is 0 Å². The molecule has 1 amide bonds. The fraction of sp³-hybridized carbons (Fsp3) is 0.750. The SMILES string of the molecule is O=C(CC1CC(F)(F)C1)N[C@H]1CC=CCC1. The van der Waals surface area contributed by atoms with Crippen molar-refractivity contribution < 1.29 is 13.6 Å². The van der Waals surface area contributed by atoms with Crippen LogP contribution in [-0.4, -0.2) is 17.9 Å². The van der Waals surface area contributed by atoms with Gasteiger partial charge in [-0.15, -0.1) is 0 Å². The van der Waals surface area contributed by atoms with E-state index in [-0.39, 0.29) is 37.1 Å². The first-order valence-corrected chi connectivity index (χ1v) is 5.87. The average molecular weight is 229 g/mol. The van der Waals surface area contributed by atoms with E-state index in [0.717, 1.165) is 19.3 Å². The normalized spacial score (nSPS) is 28.5. The highest BCUT2D eigenvalue weighted by Crippen LogP contribution is 2.43. The number of hydrogen-bond donors (Lipinski definition) is 1. The number of carbonyl (C=O) groups is 1. The number of allylic oxidation sites excluding steroid dienone is 1. The van der Waals surface area contributed by atoms with E-state index < -0.39 is 5.92 Å². The number of amides is 1. The summed E-state index contributed by atoms with van der Waals surface area (Å²) in [4.78, 5) is 11.5. The van der Waals surface area contributed by atoms with Gasteiger partial charge in [-0.3, -0.25) is 4.79 Å². The zero-order chi connectivity index (χ0) is 11.6. The van der Waals surface area contributed by atoms with E-state index in [0.29, 0.717) is 0 Å². The zero-order valence-corrected chi connectivity index (χ0v) is 9.22. The van der Waals surface area contributed by atoms with Crippen molar-refractivity contribution in [1.29, 1.82) is 0 Å². The standard InChI is InChI=1S/C12H17F2NO/c13-12(14)7-9(8-12)6-11(16)15-10-4-2-1-3-5-10/h1-2,9-10H,3-8H2,(H,15,16)/t10-/m0/s1. The van der Waals surface area contributed by atoms with Crippen molar-refractivity contribution in [1.82, 2.24) is 5.32 Å². The predicted molar refractivity (Wildman–Crippen MR) is 57.2 cm³/mol. The average Bonchev–Trinajstić information content (AvgIpc) is 2.16. The topological polar surface area (TPSA) is 29.1 Å². The lowest BCUT2D eigenvalue weighted by Crippen LogP contribution is -2.41. The summed E-state index contributed by atoms with van der Waals surface area (Å²) in [6.45, 7) is 0. The van der Waals surface area contributed by atoms with Crippen molar-refractivity contribution in [2.75, 3.05) is 0 Å². The lowest BCUT2D eigenvalue weighted by molar-refractivity contribution is -0.134. The second-order valence-electron chi connectivity index (χ2n) is 4.88. The van der Waals surface area contributed by atoms with Crippen molar-refractivity contribution in [3.05, 3.63) is 12.2 Å². The predicted octanol–water partition coefficient (Wildman–Crippen LogP) is 2.65. The maximum Gasteiger partial charge on any atom is 0.248 e. The molecule has 2 aliphatic rings. The maximum absolute atomic E-state index is 12.6. The van der Waals surface area contributed by atoms with Crippen molar-refractivity contribution in [3.63, 3.8) is 0 Å². The Hall–Kier alpha value is -0.930. The number of hydrogen-bond acceptors (Lipinski definition) is 1. The summed E-state index contributed by atoms with van der Waals surface area (Å²) in [7, 11) is 0. The molecule has 0 aliphatic heterocycles. The second kappa shape index (κ2) is 4.52. The van der Waals surface area contributed by atoms with Crippen LogP contribution in [0.15, 0.2) is 12.2 Å². The van der Waals surface area contributed by atoms with Crippen LogP contribution in [0.2, 0.25) is 0 Å². The Balaban J connectivity index is 1.67. The molecule has 1 atom stereocenters. The van der Waals surface area contributed by atoms with Gasteiger partial charge in [0.1, 0.15) is 0 Å². The molecule has 2 rings (SSSR count). The Bertz CT molecular complexity index is 293. The van der Waals surface area contributed by atoms with Gasteiger partial charge >= 0.3 is 0 Å². The minimum atomic E-state index is -2.52. The van der Waals surface area contributed by atoms with Crippen LogP contribution in [-0.2, 0) is 4.79 Å². The summed E-state index contributed by atoms with van der Waals surface area (Å²) in [5.41, 5.74) is 0. The third kappa shape index (κ3) is 3.03. The molecule has 0 aromatic rings. The van der Waals surface area contributed by atoms with Crippen molar-refractivity contribution in [3.8, 4) is 0 Å². The summed E-state index contributed by atoms with van der Waals surface area (Å²) in [6, 6.07) is 0.207. The summed E-state index contributed by atoms with van der Waals surface area (Å²) in [5.74, 6) is -2.70. The van der Waals surface area contributed by atoms with E-state index >= 15 is 0 Å². The van der Waals surface area contributed by atoms with Crippen LogP contribution in [0.1, 0.15) is 38.5 Å². The first-order chi connectivity index (χ1) is 7.55. The number of carbonyl (C=O) groups excluding carboxylic acids is 1. The molecule has 2 nitrogen and oxygen atoms in total. The van der Waals surface area contributed by atoms with Crippen LogP contribution in [0.3, 0.4) is 0 Å². The smallest absolute Gasteiger partial charge is 0.248 e. The molecule has 90 valence electrons. The van der Waals surface area contributed by atoms with Crippen molar-refractivity contribution in [2.45, 2.75) is 50.5 Å². The molecule has 0 heterocycles. The van der Waals surface area contributed by atoms with E-state index in [1.165, 1.54) is 0 Å². The molecular formula is C12H17F2NO. The van der Waals surface area contributed by atoms with Gasteiger partial charge in [0.15, 0.2) is 0 Å². The molecule has 0 saturated heterocycles. The Kier molecular flexibility index (Phi) is 3.26. The van der Waals surface area contributed by atoms with E-state index in [4.69, 9.17) is 0 Å². The molecule has 0 unspecified atom stereocenters. The molecule has 0 bridgehead atoms. The van der Waals surface area contributed by atoms with E-state index in [1.807, 2.05) is 0 Å². The zero-order valence-electron chi connectivity index (χ0n) is 9.22.